The number of carbonyl (C=O) groups is 4. The summed E-state index contributed by atoms with van der Waals surface area (Å²) in [5.41, 5.74) is 1.87. The monoisotopic (exact) mass is 435 g/mol. The van der Waals surface area contributed by atoms with Crippen molar-refractivity contribution in [2.75, 3.05) is 48.0 Å². The third kappa shape index (κ3) is 4.68. The topological polar surface area (TPSA) is 105 Å². The highest BCUT2D eigenvalue weighted by molar-refractivity contribution is 6.28. The van der Waals surface area contributed by atoms with Gasteiger partial charge in [-0.3, -0.25) is 14.4 Å². The third-order valence-corrected chi connectivity index (χ3v) is 5.01. The third-order valence-electron chi connectivity index (χ3n) is 5.01. The Bertz CT molecular complexity index is 1070. The lowest BCUT2D eigenvalue weighted by molar-refractivity contribution is -0.120. The Balaban J connectivity index is 1.37. The molecule has 9 nitrogen and oxygen atoms in total. The Labute approximate surface area is 184 Å². The Morgan fingerprint density at radius 3 is 2.44 bits per heavy atom. The maximum atomic E-state index is 12.4. The van der Waals surface area contributed by atoms with Crippen molar-refractivity contribution in [1.82, 2.24) is 0 Å². The second-order valence-corrected chi connectivity index (χ2v) is 7.14. The van der Waals surface area contributed by atoms with E-state index in [2.05, 4.69) is 10.2 Å². The van der Waals surface area contributed by atoms with Gasteiger partial charge in [0.1, 0.15) is 0 Å². The molecule has 164 valence electrons. The minimum Gasteiger partial charge on any atom is -0.452 e. The molecule has 0 spiro atoms. The second-order valence-electron chi connectivity index (χ2n) is 7.14. The number of esters is 1. The van der Waals surface area contributed by atoms with E-state index < -0.39 is 30.3 Å². The van der Waals surface area contributed by atoms with E-state index in [-0.39, 0.29) is 11.3 Å². The number of carbonyl (C=O) groups excluding carboxylic acids is 4. The zero-order chi connectivity index (χ0) is 22.5. The highest BCUT2D eigenvalue weighted by atomic mass is 16.5. The zero-order valence-corrected chi connectivity index (χ0v) is 17.2. The number of morpholine rings is 1. The second kappa shape index (κ2) is 9.44. The lowest BCUT2D eigenvalue weighted by Crippen LogP contribution is -2.36. The quantitative estimate of drug-likeness (QED) is 0.544. The first kappa shape index (κ1) is 21.3. The van der Waals surface area contributed by atoms with Gasteiger partial charge in [-0.1, -0.05) is 18.2 Å². The summed E-state index contributed by atoms with van der Waals surface area (Å²) < 4.78 is 10.5. The molecule has 2 aliphatic heterocycles. The Morgan fingerprint density at radius 1 is 0.969 bits per heavy atom. The number of hydrogen-bond donors (Lipinski definition) is 1. The number of nitrogens with one attached hydrogen (secondary N) is 1. The van der Waals surface area contributed by atoms with Gasteiger partial charge in [0, 0.05) is 25.2 Å². The molecular formula is C23H21N3O6. The molecule has 32 heavy (non-hydrogen) atoms. The molecule has 0 radical (unpaired) electrons. The van der Waals surface area contributed by atoms with Crippen LogP contribution < -0.4 is 15.1 Å². The molecule has 1 N–H and O–H groups in total. The predicted octanol–water partition coefficient (Wildman–Crippen LogP) is 1.75. The number of para-hydroxylation sites is 2. The Kier molecular flexibility index (Phi) is 6.27. The van der Waals surface area contributed by atoms with E-state index >= 15 is 0 Å². The van der Waals surface area contributed by atoms with Gasteiger partial charge in [-0.25, -0.2) is 9.69 Å². The van der Waals surface area contributed by atoms with Crippen molar-refractivity contribution in [3.05, 3.63) is 66.2 Å². The number of rotatable bonds is 6. The molecule has 0 bridgehead atoms. The molecule has 0 unspecified atom stereocenters. The summed E-state index contributed by atoms with van der Waals surface area (Å²) in [6.07, 6.45) is 2.32. The Morgan fingerprint density at radius 2 is 1.69 bits per heavy atom. The first-order chi connectivity index (χ1) is 15.5. The molecule has 0 aromatic heterocycles. The van der Waals surface area contributed by atoms with Crippen molar-refractivity contribution < 1.29 is 28.7 Å². The molecule has 2 aromatic carbocycles. The predicted molar refractivity (Wildman–Crippen MR) is 116 cm³/mol. The van der Waals surface area contributed by atoms with Crippen LogP contribution in [-0.4, -0.2) is 56.6 Å². The van der Waals surface area contributed by atoms with E-state index in [1.165, 1.54) is 24.3 Å². The van der Waals surface area contributed by atoms with Crippen molar-refractivity contribution in [3.8, 4) is 0 Å². The molecule has 2 aliphatic rings. The van der Waals surface area contributed by atoms with Gasteiger partial charge in [0.15, 0.2) is 6.61 Å². The van der Waals surface area contributed by atoms with Crippen LogP contribution in [-0.2, 0) is 23.9 Å². The smallest absolute Gasteiger partial charge is 0.338 e. The van der Waals surface area contributed by atoms with Crippen molar-refractivity contribution in [2.24, 2.45) is 0 Å². The summed E-state index contributed by atoms with van der Waals surface area (Å²) in [5, 5.41) is 2.78. The van der Waals surface area contributed by atoms with Crippen LogP contribution in [0.3, 0.4) is 0 Å². The lowest BCUT2D eigenvalue weighted by Gasteiger charge is -2.30. The van der Waals surface area contributed by atoms with Gasteiger partial charge in [0.05, 0.1) is 35.8 Å². The van der Waals surface area contributed by atoms with Crippen LogP contribution in [0.2, 0.25) is 0 Å². The average Bonchev–Trinajstić information content (AvgIpc) is 3.16. The van der Waals surface area contributed by atoms with Crippen LogP contribution in [0.1, 0.15) is 10.4 Å². The van der Waals surface area contributed by atoms with E-state index in [1.807, 2.05) is 18.2 Å². The minimum atomic E-state index is -0.740. The number of benzene rings is 2. The maximum Gasteiger partial charge on any atom is 0.338 e. The fraction of sp³-hybridized carbons (Fsp3) is 0.217. The average molecular weight is 435 g/mol. The Hall–Kier alpha value is -3.98. The minimum absolute atomic E-state index is 0.122. The van der Waals surface area contributed by atoms with Crippen LogP contribution in [0.15, 0.2) is 60.7 Å². The zero-order valence-electron chi connectivity index (χ0n) is 17.2. The fourth-order valence-corrected chi connectivity index (χ4v) is 3.49. The molecule has 9 heteroatoms. The number of imide groups is 1. The maximum absolute atomic E-state index is 12.4. The SMILES string of the molecule is O=C(COC(=O)c1cccc(N2C(=O)C=CC2=O)c1)Nc1ccccc1N1CCOCC1. The molecule has 0 aliphatic carbocycles. The summed E-state index contributed by atoms with van der Waals surface area (Å²) >= 11 is 0. The summed E-state index contributed by atoms with van der Waals surface area (Å²) in [4.78, 5) is 51.6. The van der Waals surface area contributed by atoms with Crippen LogP contribution >= 0.6 is 0 Å². The highest BCUT2D eigenvalue weighted by Gasteiger charge is 2.26. The van der Waals surface area contributed by atoms with Crippen molar-refractivity contribution >= 4 is 40.8 Å². The summed E-state index contributed by atoms with van der Waals surface area (Å²) in [6.45, 7) is 2.18. The largest absolute Gasteiger partial charge is 0.452 e. The van der Waals surface area contributed by atoms with Crippen molar-refractivity contribution in [1.29, 1.82) is 0 Å². The van der Waals surface area contributed by atoms with Crippen LogP contribution in [0.4, 0.5) is 17.1 Å². The highest BCUT2D eigenvalue weighted by Crippen LogP contribution is 2.26. The molecule has 3 amide bonds. The van der Waals surface area contributed by atoms with Gasteiger partial charge in [-0.15, -0.1) is 0 Å². The van der Waals surface area contributed by atoms with E-state index in [0.717, 1.165) is 35.8 Å². The number of amides is 3. The molecule has 2 heterocycles. The lowest BCUT2D eigenvalue weighted by atomic mass is 10.2. The van der Waals surface area contributed by atoms with Gasteiger partial charge < -0.3 is 19.7 Å². The first-order valence-electron chi connectivity index (χ1n) is 10.1. The summed E-state index contributed by atoms with van der Waals surface area (Å²) in [5.74, 6) is -2.20. The van der Waals surface area contributed by atoms with Crippen LogP contribution in [0.25, 0.3) is 0 Å². The molecule has 0 atom stereocenters. The van der Waals surface area contributed by atoms with Gasteiger partial charge in [-0.2, -0.15) is 0 Å². The van der Waals surface area contributed by atoms with Gasteiger partial charge in [-0.05, 0) is 30.3 Å². The van der Waals surface area contributed by atoms with E-state index in [0.29, 0.717) is 18.9 Å². The number of nitrogens with zero attached hydrogens (tertiary/aromatic N) is 2. The van der Waals surface area contributed by atoms with Crippen molar-refractivity contribution in [2.45, 2.75) is 0 Å². The number of ether oxygens (including phenoxy) is 2. The van der Waals surface area contributed by atoms with Crippen LogP contribution in [0.5, 0.6) is 0 Å². The van der Waals surface area contributed by atoms with Gasteiger partial charge in [0.25, 0.3) is 17.7 Å². The number of hydrogen-bond acceptors (Lipinski definition) is 7. The fourth-order valence-electron chi connectivity index (χ4n) is 3.49. The molecule has 0 saturated carbocycles. The van der Waals surface area contributed by atoms with E-state index in [1.54, 1.807) is 6.07 Å². The molecular weight excluding hydrogens is 414 g/mol. The van der Waals surface area contributed by atoms with E-state index in [9.17, 15) is 19.2 Å². The molecule has 1 fully saturated rings. The van der Waals surface area contributed by atoms with Crippen molar-refractivity contribution in [3.63, 3.8) is 0 Å². The molecule has 4 rings (SSSR count). The first-order valence-corrected chi connectivity index (χ1v) is 10.1. The summed E-state index contributed by atoms with van der Waals surface area (Å²) in [6, 6.07) is 13.3. The summed E-state index contributed by atoms with van der Waals surface area (Å²) in [7, 11) is 0. The number of anilines is 3. The molecule has 1 saturated heterocycles. The van der Waals surface area contributed by atoms with Crippen LogP contribution in [0, 0.1) is 0 Å². The van der Waals surface area contributed by atoms with Gasteiger partial charge >= 0.3 is 5.97 Å². The standard InChI is InChI=1S/C23H21N3O6/c27-20(24-18-6-1-2-7-19(18)25-10-12-31-13-11-25)15-32-23(30)16-4-3-5-17(14-16)26-21(28)8-9-22(26)29/h1-9,14H,10-13,15H2,(H,24,27). The van der Waals surface area contributed by atoms with E-state index in [4.69, 9.17) is 9.47 Å². The molecule has 2 aromatic rings. The normalized spacial score (nSPS) is 15.8. The van der Waals surface area contributed by atoms with Gasteiger partial charge in [0.2, 0.25) is 0 Å².